The maximum atomic E-state index is 12.6. The van der Waals surface area contributed by atoms with Crippen molar-refractivity contribution in [1.82, 2.24) is 0 Å². The average Bonchev–Trinajstić information content (AvgIpc) is 2.62. The lowest BCUT2D eigenvalue weighted by Crippen LogP contribution is -2.14. The van der Waals surface area contributed by atoms with Crippen LogP contribution in [0.15, 0.2) is 42.5 Å². The summed E-state index contributed by atoms with van der Waals surface area (Å²) in [5.41, 5.74) is 1.11. The van der Waals surface area contributed by atoms with Gasteiger partial charge in [0.1, 0.15) is 11.5 Å². The second-order valence-corrected chi connectivity index (χ2v) is 6.12. The van der Waals surface area contributed by atoms with Gasteiger partial charge >= 0.3 is 0 Å². The fourth-order valence-electron chi connectivity index (χ4n) is 2.43. The minimum absolute atomic E-state index is 0.231. The molecule has 0 bridgehead atoms. The van der Waals surface area contributed by atoms with Gasteiger partial charge in [-0.05, 0) is 36.8 Å². The van der Waals surface area contributed by atoms with Gasteiger partial charge in [-0.15, -0.1) is 0 Å². The summed E-state index contributed by atoms with van der Waals surface area (Å²) in [7, 11) is 1.55. The molecule has 0 spiro atoms. The third-order valence-corrected chi connectivity index (χ3v) is 4.09. The summed E-state index contributed by atoms with van der Waals surface area (Å²) < 4.78 is 10.9. The number of rotatable bonds is 9. The van der Waals surface area contributed by atoms with E-state index in [1.807, 2.05) is 18.2 Å². The van der Waals surface area contributed by atoms with E-state index in [1.54, 1.807) is 31.4 Å². The number of para-hydroxylation sites is 1. The van der Waals surface area contributed by atoms with Gasteiger partial charge in [0, 0.05) is 5.69 Å². The standard InChI is InChI=1S/C20H24ClNO3/c1-3-4-5-8-13-25-18-10-7-6-9-16(18)20(23)22-15-11-12-19(24-2)17(21)14-15/h6-7,9-12,14H,3-5,8,13H2,1-2H3,(H,22,23). The molecule has 0 radical (unpaired) electrons. The lowest BCUT2D eigenvalue weighted by Gasteiger charge is -2.12. The second kappa shape index (κ2) is 9.94. The van der Waals surface area contributed by atoms with Gasteiger partial charge in [0.2, 0.25) is 0 Å². The number of carbonyl (C=O) groups excluding carboxylic acids is 1. The normalized spacial score (nSPS) is 10.4. The molecule has 25 heavy (non-hydrogen) atoms. The van der Waals surface area contributed by atoms with Crippen molar-refractivity contribution in [3.05, 3.63) is 53.1 Å². The van der Waals surface area contributed by atoms with Gasteiger partial charge in [0.05, 0.1) is 24.3 Å². The smallest absolute Gasteiger partial charge is 0.259 e. The minimum Gasteiger partial charge on any atom is -0.495 e. The lowest BCUT2D eigenvalue weighted by atomic mass is 10.1. The summed E-state index contributed by atoms with van der Waals surface area (Å²) in [6.07, 6.45) is 4.50. The Morgan fingerprint density at radius 2 is 1.88 bits per heavy atom. The molecule has 0 aliphatic rings. The molecule has 0 unspecified atom stereocenters. The van der Waals surface area contributed by atoms with Crippen molar-refractivity contribution in [1.29, 1.82) is 0 Å². The van der Waals surface area contributed by atoms with Gasteiger partial charge in [-0.1, -0.05) is 49.9 Å². The zero-order chi connectivity index (χ0) is 18.1. The van der Waals surface area contributed by atoms with E-state index < -0.39 is 0 Å². The van der Waals surface area contributed by atoms with Crippen LogP contribution in [0.1, 0.15) is 43.0 Å². The number of amides is 1. The van der Waals surface area contributed by atoms with Crippen LogP contribution in [0.25, 0.3) is 0 Å². The molecule has 2 aromatic carbocycles. The van der Waals surface area contributed by atoms with Crippen LogP contribution in [0.3, 0.4) is 0 Å². The van der Waals surface area contributed by atoms with Crippen molar-refractivity contribution in [2.45, 2.75) is 32.6 Å². The van der Waals surface area contributed by atoms with Crippen LogP contribution in [-0.4, -0.2) is 19.6 Å². The number of anilines is 1. The van der Waals surface area contributed by atoms with Crippen LogP contribution in [-0.2, 0) is 0 Å². The van der Waals surface area contributed by atoms with Crippen molar-refractivity contribution in [3.8, 4) is 11.5 Å². The zero-order valence-corrected chi connectivity index (χ0v) is 15.4. The van der Waals surface area contributed by atoms with Crippen LogP contribution >= 0.6 is 11.6 Å². The number of methoxy groups -OCH3 is 1. The van der Waals surface area contributed by atoms with E-state index in [9.17, 15) is 4.79 Å². The number of halogens is 1. The summed E-state index contributed by atoms with van der Waals surface area (Å²) in [6.45, 7) is 2.78. The summed E-state index contributed by atoms with van der Waals surface area (Å²) in [4.78, 5) is 12.6. The molecule has 0 saturated carbocycles. The van der Waals surface area contributed by atoms with Crippen molar-refractivity contribution in [3.63, 3.8) is 0 Å². The molecule has 0 saturated heterocycles. The van der Waals surface area contributed by atoms with Crippen molar-refractivity contribution in [2.24, 2.45) is 0 Å². The highest BCUT2D eigenvalue weighted by atomic mass is 35.5. The van der Waals surface area contributed by atoms with Crippen LogP contribution in [0.2, 0.25) is 5.02 Å². The van der Waals surface area contributed by atoms with Gasteiger partial charge in [-0.25, -0.2) is 0 Å². The Morgan fingerprint density at radius 3 is 2.60 bits per heavy atom. The summed E-state index contributed by atoms with van der Waals surface area (Å²) in [5, 5.41) is 3.29. The highest BCUT2D eigenvalue weighted by Crippen LogP contribution is 2.28. The predicted octanol–water partition coefficient (Wildman–Crippen LogP) is 5.56. The minimum atomic E-state index is -0.231. The quantitative estimate of drug-likeness (QED) is 0.595. The topological polar surface area (TPSA) is 47.6 Å². The van der Waals surface area contributed by atoms with Crippen molar-refractivity contribution < 1.29 is 14.3 Å². The first kappa shape index (κ1) is 19.1. The summed E-state index contributed by atoms with van der Waals surface area (Å²) in [6, 6.07) is 12.4. The third kappa shape index (κ3) is 5.68. The van der Waals surface area contributed by atoms with Gasteiger partial charge in [-0.3, -0.25) is 4.79 Å². The van der Waals surface area contributed by atoms with Crippen LogP contribution in [0.5, 0.6) is 11.5 Å². The molecule has 0 aliphatic carbocycles. The molecule has 4 nitrogen and oxygen atoms in total. The Labute approximate surface area is 154 Å². The first-order valence-electron chi connectivity index (χ1n) is 8.52. The molecule has 0 aromatic heterocycles. The molecule has 0 atom stereocenters. The molecular formula is C20H24ClNO3. The molecule has 5 heteroatoms. The van der Waals surface area contributed by atoms with Crippen LogP contribution < -0.4 is 14.8 Å². The molecule has 2 rings (SSSR count). The first-order valence-corrected chi connectivity index (χ1v) is 8.90. The monoisotopic (exact) mass is 361 g/mol. The van der Waals surface area contributed by atoms with Crippen molar-refractivity contribution >= 4 is 23.2 Å². The predicted molar refractivity (Wildman–Crippen MR) is 102 cm³/mol. The number of nitrogens with one attached hydrogen (secondary N) is 1. The Bertz CT molecular complexity index is 703. The van der Waals surface area contributed by atoms with Gasteiger partial charge in [0.25, 0.3) is 5.91 Å². The van der Waals surface area contributed by atoms with E-state index >= 15 is 0 Å². The second-order valence-electron chi connectivity index (χ2n) is 5.71. The Kier molecular flexibility index (Phi) is 7.61. The summed E-state index contributed by atoms with van der Waals surface area (Å²) in [5.74, 6) is 0.928. The number of carbonyl (C=O) groups is 1. The SMILES string of the molecule is CCCCCCOc1ccccc1C(=O)Nc1ccc(OC)c(Cl)c1. The van der Waals surface area contributed by atoms with E-state index in [4.69, 9.17) is 21.1 Å². The molecule has 2 aromatic rings. The maximum Gasteiger partial charge on any atom is 0.259 e. The number of ether oxygens (including phenoxy) is 2. The fourth-order valence-corrected chi connectivity index (χ4v) is 2.69. The first-order chi connectivity index (χ1) is 12.2. The molecule has 0 fully saturated rings. The molecular weight excluding hydrogens is 338 g/mol. The Balaban J connectivity index is 2.02. The fraction of sp³-hybridized carbons (Fsp3) is 0.350. The molecule has 134 valence electrons. The number of unbranched alkanes of at least 4 members (excludes halogenated alkanes) is 3. The van der Waals surface area contributed by atoms with E-state index in [-0.39, 0.29) is 5.91 Å². The molecule has 1 amide bonds. The average molecular weight is 362 g/mol. The van der Waals surface area contributed by atoms with Gasteiger partial charge in [0.15, 0.2) is 0 Å². The molecule has 1 N–H and O–H groups in total. The van der Waals surface area contributed by atoms with E-state index in [2.05, 4.69) is 12.2 Å². The lowest BCUT2D eigenvalue weighted by molar-refractivity contribution is 0.102. The number of benzene rings is 2. The highest BCUT2D eigenvalue weighted by molar-refractivity contribution is 6.32. The van der Waals surface area contributed by atoms with Gasteiger partial charge in [-0.2, -0.15) is 0 Å². The van der Waals surface area contributed by atoms with E-state index in [1.165, 1.54) is 12.8 Å². The molecule has 0 aliphatic heterocycles. The highest BCUT2D eigenvalue weighted by Gasteiger charge is 2.13. The molecule has 0 heterocycles. The van der Waals surface area contributed by atoms with Crippen molar-refractivity contribution in [2.75, 3.05) is 19.0 Å². The van der Waals surface area contributed by atoms with Gasteiger partial charge < -0.3 is 14.8 Å². The zero-order valence-electron chi connectivity index (χ0n) is 14.7. The van der Waals surface area contributed by atoms with Crippen LogP contribution in [0.4, 0.5) is 5.69 Å². The number of hydrogen-bond acceptors (Lipinski definition) is 3. The van der Waals surface area contributed by atoms with E-state index in [0.29, 0.717) is 34.4 Å². The third-order valence-electron chi connectivity index (χ3n) is 3.80. The van der Waals surface area contributed by atoms with E-state index in [0.717, 1.165) is 12.8 Å². The largest absolute Gasteiger partial charge is 0.495 e. The Morgan fingerprint density at radius 1 is 1.08 bits per heavy atom. The van der Waals surface area contributed by atoms with Crippen LogP contribution in [0, 0.1) is 0 Å². The number of hydrogen-bond donors (Lipinski definition) is 1. The Hall–Kier alpha value is -2.20. The summed E-state index contributed by atoms with van der Waals surface area (Å²) >= 11 is 6.10. The maximum absolute atomic E-state index is 12.6.